The highest BCUT2D eigenvalue weighted by Gasteiger charge is 2.06. The summed E-state index contributed by atoms with van der Waals surface area (Å²) in [6.07, 6.45) is 2.12. The Bertz CT molecular complexity index is 575. The van der Waals surface area contributed by atoms with Gasteiger partial charge in [-0.25, -0.2) is 0 Å². The maximum Gasteiger partial charge on any atom is 0.125 e. The Hall–Kier alpha value is -0.930. The van der Waals surface area contributed by atoms with E-state index in [9.17, 15) is 0 Å². The van der Waals surface area contributed by atoms with Crippen molar-refractivity contribution in [2.45, 2.75) is 26.2 Å². The maximum absolute atomic E-state index is 6.03. The zero-order valence-corrected chi connectivity index (χ0v) is 14.5. The van der Waals surface area contributed by atoms with Crippen LogP contribution in [0.2, 0.25) is 0 Å². The first-order chi connectivity index (χ1) is 9.61. The summed E-state index contributed by atoms with van der Waals surface area (Å²) in [5.74, 6) is 2.03. The van der Waals surface area contributed by atoms with Crippen molar-refractivity contribution in [2.75, 3.05) is 6.26 Å². The number of halogens is 1. The number of ether oxygens (including phenoxy) is 1. The Labute approximate surface area is 133 Å². The molecular weight excluding hydrogens is 332 g/mol. The summed E-state index contributed by atoms with van der Waals surface area (Å²) in [4.78, 5) is 0. The van der Waals surface area contributed by atoms with Gasteiger partial charge in [0.2, 0.25) is 0 Å². The molecule has 0 unspecified atom stereocenters. The number of hydrogen-bond acceptors (Lipinski definition) is 2. The second-order valence-corrected chi connectivity index (χ2v) is 6.59. The molecule has 2 rings (SSSR count). The van der Waals surface area contributed by atoms with Crippen molar-refractivity contribution in [1.82, 2.24) is 0 Å². The summed E-state index contributed by atoms with van der Waals surface area (Å²) in [7, 11) is 0. The van der Waals surface area contributed by atoms with Gasteiger partial charge in [0.05, 0.1) is 0 Å². The fourth-order valence-electron chi connectivity index (χ4n) is 2.17. The van der Waals surface area contributed by atoms with Gasteiger partial charge in [0.1, 0.15) is 12.4 Å². The quantitative estimate of drug-likeness (QED) is 0.703. The summed E-state index contributed by atoms with van der Waals surface area (Å²) >= 11 is 5.44. The van der Waals surface area contributed by atoms with Crippen molar-refractivity contribution in [3.05, 3.63) is 63.1 Å². The standard InChI is InChI=1S/C17H19BrOS/c1-12-5-4-6-13(2)17(12)19-10-15-9-14(11-20-3)7-8-16(15)18/h4-9H,10-11H2,1-3H3. The van der Waals surface area contributed by atoms with Crippen molar-refractivity contribution >= 4 is 27.7 Å². The molecule has 0 aliphatic carbocycles. The molecule has 0 amide bonds. The van der Waals surface area contributed by atoms with Crippen LogP contribution in [0.4, 0.5) is 0 Å². The Morgan fingerprint density at radius 3 is 2.45 bits per heavy atom. The van der Waals surface area contributed by atoms with Crippen LogP contribution in [0, 0.1) is 13.8 Å². The van der Waals surface area contributed by atoms with Gasteiger partial charge in [0.15, 0.2) is 0 Å². The second kappa shape index (κ2) is 7.19. The summed E-state index contributed by atoms with van der Waals surface area (Å²) < 4.78 is 7.14. The van der Waals surface area contributed by atoms with Gasteiger partial charge >= 0.3 is 0 Å². The molecule has 0 N–H and O–H groups in total. The molecule has 0 spiro atoms. The van der Waals surface area contributed by atoms with Crippen LogP contribution in [0.3, 0.4) is 0 Å². The van der Waals surface area contributed by atoms with E-state index in [0.717, 1.165) is 16.0 Å². The van der Waals surface area contributed by atoms with E-state index in [0.29, 0.717) is 6.61 Å². The predicted octanol–water partition coefficient (Wildman–Crippen LogP) is 5.51. The maximum atomic E-state index is 6.03. The van der Waals surface area contributed by atoms with E-state index in [-0.39, 0.29) is 0 Å². The molecular formula is C17H19BrOS. The molecule has 0 aromatic heterocycles. The van der Waals surface area contributed by atoms with Crippen molar-refractivity contribution in [2.24, 2.45) is 0 Å². The number of thioether (sulfide) groups is 1. The molecule has 0 saturated carbocycles. The minimum atomic E-state index is 0.592. The first-order valence-electron chi connectivity index (χ1n) is 6.57. The van der Waals surface area contributed by atoms with Crippen LogP contribution in [-0.2, 0) is 12.4 Å². The van der Waals surface area contributed by atoms with Crippen LogP contribution in [0.1, 0.15) is 22.3 Å². The lowest BCUT2D eigenvalue weighted by molar-refractivity contribution is 0.301. The molecule has 0 aliphatic rings. The highest BCUT2D eigenvalue weighted by molar-refractivity contribution is 9.10. The fraction of sp³-hybridized carbons (Fsp3) is 0.294. The average Bonchev–Trinajstić information content (AvgIpc) is 2.42. The summed E-state index contributed by atoms with van der Waals surface area (Å²) in [6, 6.07) is 12.7. The van der Waals surface area contributed by atoms with Gasteiger partial charge in [0.25, 0.3) is 0 Å². The van der Waals surface area contributed by atoms with E-state index >= 15 is 0 Å². The smallest absolute Gasteiger partial charge is 0.125 e. The molecule has 3 heteroatoms. The molecule has 106 valence electrons. The molecule has 0 aliphatic heterocycles. The Morgan fingerprint density at radius 1 is 1.10 bits per heavy atom. The molecule has 20 heavy (non-hydrogen) atoms. The van der Waals surface area contributed by atoms with Crippen LogP contribution in [-0.4, -0.2) is 6.26 Å². The summed E-state index contributed by atoms with van der Waals surface area (Å²) in [5.41, 5.74) is 4.89. The van der Waals surface area contributed by atoms with Gasteiger partial charge in [-0.1, -0.05) is 46.3 Å². The summed E-state index contributed by atoms with van der Waals surface area (Å²) in [6.45, 7) is 4.76. The highest BCUT2D eigenvalue weighted by Crippen LogP contribution is 2.26. The minimum absolute atomic E-state index is 0.592. The molecule has 0 atom stereocenters. The predicted molar refractivity (Wildman–Crippen MR) is 91.6 cm³/mol. The third-order valence-electron chi connectivity index (χ3n) is 3.20. The number of para-hydroxylation sites is 1. The molecule has 0 heterocycles. The normalized spacial score (nSPS) is 10.6. The first-order valence-corrected chi connectivity index (χ1v) is 8.75. The number of benzene rings is 2. The molecule has 0 radical (unpaired) electrons. The van der Waals surface area contributed by atoms with Gasteiger partial charge < -0.3 is 4.74 Å². The first kappa shape index (κ1) is 15.5. The monoisotopic (exact) mass is 350 g/mol. The number of rotatable bonds is 5. The highest BCUT2D eigenvalue weighted by atomic mass is 79.9. The molecule has 0 bridgehead atoms. The topological polar surface area (TPSA) is 9.23 Å². The van der Waals surface area contributed by atoms with Crippen LogP contribution in [0.5, 0.6) is 5.75 Å². The third-order valence-corrected chi connectivity index (χ3v) is 4.60. The lowest BCUT2D eigenvalue weighted by atomic mass is 10.1. The molecule has 0 fully saturated rings. The molecule has 2 aromatic carbocycles. The van der Waals surface area contributed by atoms with E-state index in [4.69, 9.17) is 4.74 Å². The van der Waals surface area contributed by atoms with E-state index in [2.05, 4.69) is 72.4 Å². The SMILES string of the molecule is CSCc1ccc(Br)c(COc2c(C)cccc2C)c1. The average molecular weight is 351 g/mol. The fourth-order valence-corrected chi connectivity index (χ4v) is 3.05. The number of aryl methyl sites for hydroxylation is 2. The van der Waals surface area contributed by atoms with E-state index < -0.39 is 0 Å². The van der Waals surface area contributed by atoms with Gasteiger partial charge in [0, 0.05) is 15.8 Å². The van der Waals surface area contributed by atoms with Crippen molar-refractivity contribution in [3.8, 4) is 5.75 Å². The summed E-state index contributed by atoms with van der Waals surface area (Å²) in [5, 5.41) is 0. The van der Waals surface area contributed by atoms with Crippen LogP contribution < -0.4 is 4.74 Å². The zero-order valence-electron chi connectivity index (χ0n) is 12.1. The van der Waals surface area contributed by atoms with Crippen molar-refractivity contribution < 1.29 is 4.74 Å². The Balaban J connectivity index is 2.16. The van der Waals surface area contributed by atoms with Crippen molar-refractivity contribution in [1.29, 1.82) is 0 Å². The van der Waals surface area contributed by atoms with Gasteiger partial charge in [-0.2, -0.15) is 11.8 Å². The Kier molecular flexibility index (Phi) is 5.55. The second-order valence-electron chi connectivity index (χ2n) is 4.87. The van der Waals surface area contributed by atoms with Crippen LogP contribution >= 0.6 is 27.7 Å². The van der Waals surface area contributed by atoms with Gasteiger partial charge in [-0.3, -0.25) is 0 Å². The molecule has 1 nitrogen and oxygen atoms in total. The number of hydrogen-bond donors (Lipinski definition) is 0. The molecule has 2 aromatic rings. The van der Waals surface area contributed by atoms with E-state index in [1.807, 2.05) is 11.8 Å². The Morgan fingerprint density at radius 2 is 1.80 bits per heavy atom. The third kappa shape index (κ3) is 3.80. The van der Waals surface area contributed by atoms with Crippen LogP contribution in [0.25, 0.3) is 0 Å². The molecule has 0 saturated heterocycles. The van der Waals surface area contributed by atoms with Gasteiger partial charge in [-0.15, -0.1) is 0 Å². The lowest BCUT2D eigenvalue weighted by Gasteiger charge is -2.13. The van der Waals surface area contributed by atoms with Crippen molar-refractivity contribution in [3.63, 3.8) is 0 Å². The van der Waals surface area contributed by atoms with Gasteiger partial charge in [-0.05, 0) is 42.9 Å². The lowest BCUT2D eigenvalue weighted by Crippen LogP contribution is -2.00. The van der Waals surface area contributed by atoms with E-state index in [1.165, 1.54) is 22.3 Å². The zero-order chi connectivity index (χ0) is 14.5. The van der Waals surface area contributed by atoms with Crippen LogP contribution in [0.15, 0.2) is 40.9 Å². The van der Waals surface area contributed by atoms with E-state index in [1.54, 1.807) is 0 Å². The largest absolute Gasteiger partial charge is 0.488 e. The minimum Gasteiger partial charge on any atom is -0.488 e.